The number of hydrogen-bond donors (Lipinski definition) is 1. The summed E-state index contributed by atoms with van der Waals surface area (Å²) in [6, 6.07) is 6.13. The van der Waals surface area contributed by atoms with Crippen molar-refractivity contribution >= 4 is 0 Å². The van der Waals surface area contributed by atoms with Gasteiger partial charge in [-0.3, -0.25) is 0 Å². The summed E-state index contributed by atoms with van der Waals surface area (Å²) in [6.45, 7) is 4.43. The van der Waals surface area contributed by atoms with Crippen molar-refractivity contribution in [2.45, 2.75) is 32.5 Å². The van der Waals surface area contributed by atoms with E-state index in [-0.39, 0.29) is 5.56 Å². The summed E-state index contributed by atoms with van der Waals surface area (Å²) in [5.41, 5.74) is 0.216. The number of benzene rings is 1. The van der Waals surface area contributed by atoms with Crippen molar-refractivity contribution in [1.82, 2.24) is 0 Å². The molecule has 0 radical (unpaired) electrons. The summed E-state index contributed by atoms with van der Waals surface area (Å²) in [5.74, 6) is 0.802. The molecule has 0 aliphatic heterocycles. The van der Waals surface area contributed by atoms with E-state index in [0.29, 0.717) is 18.3 Å². The van der Waals surface area contributed by atoms with Crippen LogP contribution in [0.4, 0.5) is 13.2 Å². The van der Waals surface area contributed by atoms with Crippen LogP contribution < -0.4 is 4.74 Å². The van der Waals surface area contributed by atoms with E-state index in [1.54, 1.807) is 12.1 Å². The van der Waals surface area contributed by atoms with Gasteiger partial charge in [0, 0.05) is 0 Å². The van der Waals surface area contributed by atoms with Crippen LogP contribution in [0, 0.1) is 5.92 Å². The first-order valence-corrected chi connectivity index (χ1v) is 5.75. The van der Waals surface area contributed by atoms with Gasteiger partial charge < -0.3 is 9.84 Å². The van der Waals surface area contributed by atoms with E-state index in [2.05, 4.69) is 0 Å². The number of ether oxygens (including phenoxy) is 1. The van der Waals surface area contributed by atoms with Gasteiger partial charge in [-0.2, -0.15) is 13.2 Å². The minimum Gasteiger partial charge on any atom is -0.493 e. The Hall–Kier alpha value is -1.23. The van der Waals surface area contributed by atoms with Crippen LogP contribution in [0.15, 0.2) is 24.3 Å². The first-order valence-electron chi connectivity index (χ1n) is 5.75. The van der Waals surface area contributed by atoms with Gasteiger partial charge in [-0.15, -0.1) is 0 Å². The van der Waals surface area contributed by atoms with Gasteiger partial charge in [0.1, 0.15) is 5.75 Å². The number of rotatable bonds is 5. The molecule has 0 amide bonds. The summed E-state index contributed by atoms with van der Waals surface area (Å²) >= 11 is 0. The maximum absolute atomic E-state index is 12.2. The largest absolute Gasteiger partial charge is 0.493 e. The molecule has 0 saturated heterocycles. The fraction of sp³-hybridized carbons (Fsp3) is 0.538. The third-order valence-electron chi connectivity index (χ3n) is 2.25. The number of aliphatic hydroxyl groups is 1. The maximum atomic E-state index is 12.2. The van der Waals surface area contributed by atoms with E-state index in [1.807, 2.05) is 13.8 Å². The number of aliphatic hydroxyl groups excluding tert-OH is 1. The molecule has 0 heterocycles. The standard InChI is InChI=1S/C13H17F3O2/c1-9(2)8-18-11-5-3-4-10(6-11)12(17)7-13(14,15)16/h3-6,9,12,17H,7-8H2,1-2H3. The van der Waals surface area contributed by atoms with Gasteiger partial charge in [0.2, 0.25) is 0 Å². The monoisotopic (exact) mass is 262 g/mol. The Morgan fingerprint density at radius 1 is 1.28 bits per heavy atom. The molecule has 0 saturated carbocycles. The van der Waals surface area contributed by atoms with Gasteiger partial charge in [-0.25, -0.2) is 0 Å². The average Bonchev–Trinajstić information content (AvgIpc) is 2.24. The summed E-state index contributed by atoms with van der Waals surface area (Å²) in [6.07, 6.45) is -7.18. The predicted molar refractivity (Wildman–Crippen MR) is 62.4 cm³/mol. The highest BCUT2D eigenvalue weighted by molar-refractivity contribution is 5.30. The molecule has 0 spiro atoms. The summed E-state index contributed by atoms with van der Waals surface area (Å²) in [4.78, 5) is 0. The van der Waals surface area contributed by atoms with Crippen LogP contribution in [-0.4, -0.2) is 17.9 Å². The van der Waals surface area contributed by atoms with E-state index in [0.717, 1.165) is 0 Å². The molecule has 0 aliphatic carbocycles. The summed E-state index contributed by atoms with van der Waals surface area (Å²) < 4.78 is 41.9. The van der Waals surface area contributed by atoms with Gasteiger partial charge in [0.25, 0.3) is 0 Å². The molecule has 5 heteroatoms. The number of alkyl halides is 3. The van der Waals surface area contributed by atoms with Gasteiger partial charge in [0.05, 0.1) is 19.1 Å². The maximum Gasteiger partial charge on any atom is 0.391 e. The molecule has 1 aromatic carbocycles. The van der Waals surface area contributed by atoms with E-state index >= 15 is 0 Å². The molecular weight excluding hydrogens is 245 g/mol. The molecule has 1 aromatic rings. The van der Waals surface area contributed by atoms with Crippen molar-refractivity contribution in [1.29, 1.82) is 0 Å². The van der Waals surface area contributed by atoms with Crippen LogP contribution in [0.3, 0.4) is 0 Å². The second kappa shape index (κ2) is 6.09. The van der Waals surface area contributed by atoms with Gasteiger partial charge >= 0.3 is 6.18 Å². The van der Waals surface area contributed by atoms with E-state index in [4.69, 9.17) is 4.74 Å². The molecule has 0 aliphatic rings. The lowest BCUT2D eigenvalue weighted by molar-refractivity contribution is -0.154. The molecule has 0 bridgehead atoms. The zero-order valence-electron chi connectivity index (χ0n) is 10.4. The number of halogens is 3. The van der Waals surface area contributed by atoms with Crippen LogP contribution in [0.5, 0.6) is 5.75 Å². The Bertz CT molecular complexity index is 375. The normalized spacial score (nSPS) is 13.7. The minimum atomic E-state index is -4.38. The zero-order valence-corrected chi connectivity index (χ0v) is 10.4. The van der Waals surface area contributed by atoms with Crippen molar-refractivity contribution in [2.24, 2.45) is 5.92 Å². The molecule has 1 rings (SSSR count). The Labute approximate surface area is 104 Å². The molecule has 102 valence electrons. The Morgan fingerprint density at radius 2 is 1.94 bits per heavy atom. The highest BCUT2D eigenvalue weighted by atomic mass is 19.4. The smallest absolute Gasteiger partial charge is 0.391 e. The number of hydrogen-bond acceptors (Lipinski definition) is 2. The van der Waals surface area contributed by atoms with E-state index < -0.39 is 18.7 Å². The van der Waals surface area contributed by atoms with Gasteiger partial charge in [0.15, 0.2) is 0 Å². The van der Waals surface area contributed by atoms with Crippen LogP contribution in [-0.2, 0) is 0 Å². The molecule has 1 N–H and O–H groups in total. The molecule has 0 fully saturated rings. The lowest BCUT2D eigenvalue weighted by Gasteiger charge is -2.15. The van der Waals surface area contributed by atoms with Gasteiger partial charge in [-0.05, 0) is 23.6 Å². The molecule has 1 atom stereocenters. The highest BCUT2D eigenvalue weighted by Crippen LogP contribution is 2.30. The van der Waals surface area contributed by atoms with Crippen LogP contribution >= 0.6 is 0 Å². The molecule has 1 unspecified atom stereocenters. The SMILES string of the molecule is CC(C)COc1cccc(C(O)CC(F)(F)F)c1. The first kappa shape index (κ1) is 14.8. The summed E-state index contributed by atoms with van der Waals surface area (Å²) in [5, 5.41) is 9.48. The molecule has 0 aromatic heterocycles. The molecule has 2 nitrogen and oxygen atoms in total. The molecule has 18 heavy (non-hydrogen) atoms. The van der Waals surface area contributed by atoms with E-state index in [9.17, 15) is 18.3 Å². The average molecular weight is 262 g/mol. The highest BCUT2D eigenvalue weighted by Gasteiger charge is 2.31. The van der Waals surface area contributed by atoms with Crippen LogP contribution in [0.2, 0.25) is 0 Å². The second-order valence-electron chi connectivity index (χ2n) is 4.61. The van der Waals surface area contributed by atoms with Crippen molar-refractivity contribution < 1.29 is 23.0 Å². The fourth-order valence-electron chi connectivity index (χ4n) is 1.41. The zero-order chi connectivity index (χ0) is 13.8. The Balaban J connectivity index is 2.69. The fourth-order valence-corrected chi connectivity index (χ4v) is 1.41. The molecular formula is C13H17F3O2. The van der Waals surface area contributed by atoms with E-state index in [1.165, 1.54) is 12.1 Å². The lowest BCUT2D eigenvalue weighted by atomic mass is 10.1. The third kappa shape index (κ3) is 5.40. The van der Waals surface area contributed by atoms with Crippen LogP contribution in [0.1, 0.15) is 31.9 Å². The van der Waals surface area contributed by atoms with Crippen LogP contribution in [0.25, 0.3) is 0 Å². The third-order valence-corrected chi connectivity index (χ3v) is 2.25. The summed E-state index contributed by atoms with van der Waals surface area (Å²) in [7, 11) is 0. The quantitative estimate of drug-likeness (QED) is 0.876. The Morgan fingerprint density at radius 3 is 2.50 bits per heavy atom. The second-order valence-corrected chi connectivity index (χ2v) is 4.61. The Kier molecular flexibility index (Phi) is 5.02. The van der Waals surface area contributed by atoms with Crippen molar-refractivity contribution in [3.63, 3.8) is 0 Å². The van der Waals surface area contributed by atoms with Gasteiger partial charge in [-0.1, -0.05) is 26.0 Å². The topological polar surface area (TPSA) is 29.5 Å². The lowest BCUT2D eigenvalue weighted by Crippen LogP contribution is -2.13. The minimum absolute atomic E-state index is 0.216. The van der Waals surface area contributed by atoms with Crippen molar-refractivity contribution in [3.05, 3.63) is 29.8 Å². The first-order chi connectivity index (χ1) is 8.28. The predicted octanol–water partition coefficient (Wildman–Crippen LogP) is 3.71. The van der Waals surface area contributed by atoms with Crippen molar-refractivity contribution in [2.75, 3.05) is 6.61 Å². The van der Waals surface area contributed by atoms with Crippen molar-refractivity contribution in [3.8, 4) is 5.75 Å².